The van der Waals surface area contributed by atoms with Gasteiger partial charge in [0.25, 0.3) is 5.91 Å². The Kier molecular flexibility index (Phi) is 5.08. The molecule has 0 aromatic heterocycles. The molecule has 0 bridgehead atoms. The van der Waals surface area contributed by atoms with Gasteiger partial charge in [0.1, 0.15) is 5.75 Å². The highest BCUT2D eigenvalue weighted by Crippen LogP contribution is 2.41. The molecule has 0 spiro atoms. The van der Waals surface area contributed by atoms with E-state index in [2.05, 4.69) is 0 Å². The smallest absolute Gasteiger partial charge is 0.253 e. The number of carbonyl (C=O) groups excluding carboxylic acids is 2. The molecule has 1 aromatic carbocycles. The summed E-state index contributed by atoms with van der Waals surface area (Å²) in [5.41, 5.74) is 6.91. The molecule has 146 valence electrons. The van der Waals surface area contributed by atoms with Crippen molar-refractivity contribution in [3.63, 3.8) is 0 Å². The van der Waals surface area contributed by atoms with Crippen LogP contribution in [0.1, 0.15) is 36.0 Å². The Morgan fingerprint density at radius 2 is 1.81 bits per heavy atom. The number of hydrogen-bond donors (Lipinski definition) is 1. The van der Waals surface area contributed by atoms with E-state index < -0.39 is 0 Å². The summed E-state index contributed by atoms with van der Waals surface area (Å²) in [5, 5.41) is 0. The SMILES string of the molecule is COc1cccc(C(=O)N2CCC(C(=O)N3C[C@@H](N)[C@H](C4CC4)C3)CC2)c1. The number of amides is 2. The largest absolute Gasteiger partial charge is 0.497 e. The molecule has 0 unspecified atom stereocenters. The van der Waals surface area contributed by atoms with Gasteiger partial charge in [0.15, 0.2) is 0 Å². The van der Waals surface area contributed by atoms with E-state index in [1.807, 2.05) is 28.0 Å². The van der Waals surface area contributed by atoms with Crippen LogP contribution in [0.25, 0.3) is 0 Å². The molecule has 2 amide bonds. The Bertz CT molecular complexity index is 710. The summed E-state index contributed by atoms with van der Waals surface area (Å²) in [4.78, 5) is 29.5. The second-order valence-electron chi connectivity index (χ2n) is 8.21. The zero-order chi connectivity index (χ0) is 19.0. The van der Waals surface area contributed by atoms with Gasteiger partial charge in [-0.25, -0.2) is 0 Å². The fraction of sp³-hybridized carbons (Fsp3) is 0.619. The van der Waals surface area contributed by atoms with Crippen molar-refractivity contribution in [1.82, 2.24) is 9.80 Å². The topological polar surface area (TPSA) is 75.9 Å². The van der Waals surface area contributed by atoms with E-state index in [9.17, 15) is 9.59 Å². The second kappa shape index (κ2) is 7.50. The molecule has 1 saturated carbocycles. The maximum atomic E-state index is 12.9. The Morgan fingerprint density at radius 3 is 2.48 bits per heavy atom. The molecular formula is C21H29N3O3. The minimum atomic E-state index is 0.0109. The van der Waals surface area contributed by atoms with Gasteiger partial charge in [-0.2, -0.15) is 0 Å². The summed E-state index contributed by atoms with van der Waals surface area (Å²) in [5.74, 6) is 2.17. The zero-order valence-electron chi connectivity index (χ0n) is 16.0. The fourth-order valence-corrected chi connectivity index (χ4v) is 4.58. The molecule has 3 fully saturated rings. The van der Waals surface area contributed by atoms with Crippen LogP contribution < -0.4 is 10.5 Å². The Hall–Kier alpha value is -2.08. The maximum absolute atomic E-state index is 12.9. The molecule has 6 heteroatoms. The Balaban J connectivity index is 1.32. The van der Waals surface area contributed by atoms with E-state index >= 15 is 0 Å². The molecule has 1 aliphatic carbocycles. The first-order valence-corrected chi connectivity index (χ1v) is 10.0. The fourth-order valence-electron chi connectivity index (χ4n) is 4.58. The standard InChI is InChI=1S/C21H29N3O3/c1-27-17-4-2-3-16(11-17)21(26)23-9-7-15(8-10-23)20(25)24-12-18(14-5-6-14)19(22)13-24/h2-4,11,14-15,18-19H,5-10,12-13,22H2,1H3/t18-,19+/m0/s1. The Labute approximate surface area is 160 Å². The van der Waals surface area contributed by atoms with Gasteiger partial charge in [-0.1, -0.05) is 6.07 Å². The monoisotopic (exact) mass is 371 g/mol. The third-order valence-electron chi connectivity index (χ3n) is 6.40. The van der Waals surface area contributed by atoms with Crippen molar-refractivity contribution >= 4 is 11.8 Å². The predicted molar refractivity (Wildman–Crippen MR) is 102 cm³/mol. The van der Waals surface area contributed by atoms with Gasteiger partial charge in [-0.3, -0.25) is 9.59 Å². The molecule has 3 aliphatic rings. The maximum Gasteiger partial charge on any atom is 0.253 e. The average molecular weight is 371 g/mol. The van der Waals surface area contributed by atoms with Crippen molar-refractivity contribution in [2.75, 3.05) is 33.3 Å². The van der Waals surface area contributed by atoms with Crippen LogP contribution in [0.15, 0.2) is 24.3 Å². The van der Waals surface area contributed by atoms with Crippen LogP contribution in [0, 0.1) is 17.8 Å². The lowest BCUT2D eigenvalue weighted by molar-refractivity contribution is -0.136. The van der Waals surface area contributed by atoms with Gasteiger partial charge in [-0.05, 0) is 55.7 Å². The third-order valence-corrected chi connectivity index (χ3v) is 6.40. The normalized spacial score (nSPS) is 26.3. The number of nitrogens with two attached hydrogens (primary N) is 1. The molecule has 2 N–H and O–H groups in total. The number of ether oxygens (including phenoxy) is 1. The first-order chi connectivity index (χ1) is 13.1. The third kappa shape index (κ3) is 3.81. The number of carbonyl (C=O) groups is 2. The zero-order valence-corrected chi connectivity index (χ0v) is 16.0. The number of rotatable bonds is 4. The van der Waals surface area contributed by atoms with Gasteiger partial charge >= 0.3 is 0 Å². The summed E-state index contributed by atoms with van der Waals surface area (Å²) >= 11 is 0. The van der Waals surface area contributed by atoms with Crippen LogP contribution in [-0.4, -0.2) is 60.9 Å². The van der Waals surface area contributed by atoms with Gasteiger partial charge in [0.2, 0.25) is 5.91 Å². The molecule has 4 rings (SSSR count). The molecule has 0 radical (unpaired) electrons. The van der Waals surface area contributed by atoms with E-state index in [1.165, 1.54) is 12.8 Å². The summed E-state index contributed by atoms with van der Waals surface area (Å²) in [6.07, 6.45) is 4.00. The average Bonchev–Trinajstić information content (AvgIpc) is 3.48. The van der Waals surface area contributed by atoms with Crippen LogP contribution in [0.5, 0.6) is 5.75 Å². The molecule has 2 atom stereocenters. The van der Waals surface area contributed by atoms with E-state index in [4.69, 9.17) is 10.5 Å². The van der Waals surface area contributed by atoms with Crippen molar-refractivity contribution in [1.29, 1.82) is 0 Å². The van der Waals surface area contributed by atoms with Crippen molar-refractivity contribution in [3.05, 3.63) is 29.8 Å². The molecular weight excluding hydrogens is 342 g/mol. The van der Waals surface area contributed by atoms with Gasteiger partial charge in [-0.15, -0.1) is 0 Å². The number of likely N-dealkylation sites (tertiary alicyclic amines) is 2. The molecule has 2 saturated heterocycles. The molecule has 6 nitrogen and oxygen atoms in total. The molecule has 2 aliphatic heterocycles. The van der Waals surface area contributed by atoms with Gasteiger partial charge < -0.3 is 20.3 Å². The lowest BCUT2D eigenvalue weighted by atomic mass is 9.94. The summed E-state index contributed by atoms with van der Waals surface area (Å²) < 4.78 is 5.21. The summed E-state index contributed by atoms with van der Waals surface area (Å²) in [7, 11) is 1.60. The predicted octanol–water partition coefficient (Wildman–Crippen LogP) is 1.74. The van der Waals surface area contributed by atoms with Crippen LogP contribution in [0.4, 0.5) is 0 Å². The summed E-state index contributed by atoms with van der Waals surface area (Å²) in [6, 6.07) is 7.37. The second-order valence-corrected chi connectivity index (χ2v) is 8.21. The number of nitrogens with zero attached hydrogens (tertiary/aromatic N) is 2. The van der Waals surface area contributed by atoms with E-state index in [0.29, 0.717) is 36.9 Å². The van der Waals surface area contributed by atoms with Gasteiger partial charge in [0, 0.05) is 43.7 Å². The molecule has 27 heavy (non-hydrogen) atoms. The van der Waals surface area contributed by atoms with E-state index in [-0.39, 0.29) is 23.8 Å². The number of methoxy groups -OCH3 is 1. The van der Waals surface area contributed by atoms with Crippen molar-refractivity contribution in [2.24, 2.45) is 23.5 Å². The van der Waals surface area contributed by atoms with E-state index in [1.54, 1.807) is 13.2 Å². The van der Waals surface area contributed by atoms with Gasteiger partial charge in [0.05, 0.1) is 7.11 Å². The van der Waals surface area contributed by atoms with E-state index in [0.717, 1.165) is 25.3 Å². The minimum absolute atomic E-state index is 0.0109. The number of piperidine rings is 1. The quantitative estimate of drug-likeness (QED) is 0.875. The number of hydrogen-bond acceptors (Lipinski definition) is 4. The van der Waals surface area contributed by atoms with Crippen molar-refractivity contribution in [2.45, 2.75) is 31.7 Å². The minimum Gasteiger partial charge on any atom is -0.497 e. The highest BCUT2D eigenvalue weighted by atomic mass is 16.5. The van der Waals surface area contributed by atoms with Crippen LogP contribution in [-0.2, 0) is 4.79 Å². The molecule has 1 aromatic rings. The van der Waals surface area contributed by atoms with Crippen LogP contribution >= 0.6 is 0 Å². The highest BCUT2D eigenvalue weighted by molar-refractivity contribution is 5.94. The van der Waals surface area contributed by atoms with Crippen LogP contribution in [0.3, 0.4) is 0 Å². The highest BCUT2D eigenvalue weighted by Gasteiger charge is 2.43. The lowest BCUT2D eigenvalue weighted by Gasteiger charge is -2.33. The summed E-state index contributed by atoms with van der Waals surface area (Å²) in [6.45, 7) is 2.77. The first kappa shape index (κ1) is 18.3. The van der Waals surface area contributed by atoms with Crippen molar-refractivity contribution < 1.29 is 14.3 Å². The molecule has 2 heterocycles. The lowest BCUT2D eigenvalue weighted by Crippen LogP contribution is -2.44. The first-order valence-electron chi connectivity index (χ1n) is 10.0. The van der Waals surface area contributed by atoms with Crippen molar-refractivity contribution in [3.8, 4) is 5.75 Å². The Morgan fingerprint density at radius 1 is 1.07 bits per heavy atom. The van der Waals surface area contributed by atoms with Crippen LogP contribution in [0.2, 0.25) is 0 Å². The number of benzene rings is 1.